The summed E-state index contributed by atoms with van der Waals surface area (Å²) in [7, 11) is 2.21. The van der Waals surface area contributed by atoms with Gasteiger partial charge in [0, 0.05) is 44.4 Å². The van der Waals surface area contributed by atoms with E-state index in [0.29, 0.717) is 0 Å². The summed E-state index contributed by atoms with van der Waals surface area (Å²) in [4.78, 5) is 5.00. The van der Waals surface area contributed by atoms with Crippen LogP contribution in [0.1, 0.15) is 6.42 Å². The quantitative estimate of drug-likeness (QED) is 0.832. The van der Waals surface area contributed by atoms with Crippen molar-refractivity contribution in [3.8, 4) is 0 Å². The highest BCUT2D eigenvalue weighted by molar-refractivity contribution is 5.79. The fourth-order valence-corrected chi connectivity index (χ4v) is 2.87. The van der Waals surface area contributed by atoms with Crippen LogP contribution in [0.15, 0.2) is 36.5 Å². The van der Waals surface area contributed by atoms with Gasteiger partial charge < -0.3 is 14.4 Å². The summed E-state index contributed by atoms with van der Waals surface area (Å²) >= 11 is 0. The van der Waals surface area contributed by atoms with Crippen LogP contribution in [0, 0.1) is 0 Å². The van der Waals surface area contributed by atoms with Crippen molar-refractivity contribution in [3.63, 3.8) is 0 Å². The van der Waals surface area contributed by atoms with E-state index in [4.69, 9.17) is 0 Å². The van der Waals surface area contributed by atoms with Crippen molar-refractivity contribution >= 4 is 10.9 Å². The maximum Gasteiger partial charge on any atom is 0.0480 e. The molecule has 1 aliphatic heterocycles. The number of aromatic nitrogens is 1. The van der Waals surface area contributed by atoms with Gasteiger partial charge in [0.15, 0.2) is 0 Å². The van der Waals surface area contributed by atoms with E-state index in [-0.39, 0.29) is 0 Å². The summed E-state index contributed by atoms with van der Waals surface area (Å²) in [6, 6.07) is 10.8. The molecule has 1 fully saturated rings. The molecule has 19 heavy (non-hydrogen) atoms. The Balaban J connectivity index is 1.52. The molecule has 0 amide bonds. The SMILES string of the molecule is CN1CCN(CCCn2ccc3ccccc32)CC1. The highest BCUT2D eigenvalue weighted by Gasteiger charge is 2.12. The van der Waals surface area contributed by atoms with Crippen molar-refractivity contribution in [1.29, 1.82) is 0 Å². The number of aryl methyl sites for hydroxylation is 1. The van der Waals surface area contributed by atoms with E-state index < -0.39 is 0 Å². The van der Waals surface area contributed by atoms with Crippen LogP contribution >= 0.6 is 0 Å². The standard InChI is InChI=1S/C16H23N3/c1-17-11-13-18(14-12-17)8-4-9-19-10-7-15-5-2-3-6-16(15)19/h2-3,5-7,10H,4,8-9,11-14H2,1H3. The molecule has 0 radical (unpaired) electrons. The van der Waals surface area contributed by atoms with Crippen LogP contribution in [0.4, 0.5) is 0 Å². The van der Waals surface area contributed by atoms with Gasteiger partial charge in [0.25, 0.3) is 0 Å². The Morgan fingerprint density at radius 2 is 1.74 bits per heavy atom. The first-order valence-corrected chi connectivity index (χ1v) is 7.28. The first kappa shape index (κ1) is 12.7. The number of hydrogen-bond acceptors (Lipinski definition) is 2. The Bertz CT molecular complexity index is 524. The summed E-state index contributed by atoms with van der Waals surface area (Å²) in [6.45, 7) is 7.23. The molecule has 1 aromatic carbocycles. The molecule has 1 aliphatic rings. The summed E-state index contributed by atoms with van der Waals surface area (Å²) in [5.41, 5.74) is 1.36. The fraction of sp³-hybridized carbons (Fsp3) is 0.500. The molecule has 2 heterocycles. The van der Waals surface area contributed by atoms with Gasteiger partial charge in [-0.25, -0.2) is 0 Å². The Hall–Kier alpha value is -1.32. The minimum Gasteiger partial charge on any atom is -0.347 e. The van der Waals surface area contributed by atoms with Gasteiger partial charge in [-0.1, -0.05) is 18.2 Å². The lowest BCUT2D eigenvalue weighted by atomic mass is 10.2. The largest absolute Gasteiger partial charge is 0.347 e. The van der Waals surface area contributed by atoms with Gasteiger partial charge in [0.05, 0.1) is 0 Å². The molecule has 1 aromatic heterocycles. The molecule has 102 valence electrons. The zero-order valence-electron chi connectivity index (χ0n) is 11.8. The third-order valence-electron chi connectivity index (χ3n) is 4.15. The number of para-hydroxylation sites is 1. The van der Waals surface area contributed by atoms with Crippen LogP contribution in [0.25, 0.3) is 10.9 Å². The lowest BCUT2D eigenvalue weighted by Gasteiger charge is -2.32. The number of rotatable bonds is 4. The van der Waals surface area contributed by atoms with Crippen LogP contribution in [0.3, 0.4) is 0 Å². The molecule has 0 aliphatic carbocycles. The van der Waals surface area contributed by atoms with Crippen molar-refractivity contribution in [1.82, 2.24) is 14.4 Å². The summed E-state index contributed by atoms with van der Waals surface area (Å²) in [6.07, 6.45) is 3.46. The second kappa shape index (κ2) is 5.76. The second-order valence-corrected chi connectivity index (χ2v) is 5.57. The minimum atomic E-state index is 1.12. The first-order chi connectivity index (χ1) is 9.33. The number of fused-ring (bicyclic) bond motifs is 1. The molecule has 3 nitrogen and oxygen atoms in total. The van der Waals surface area contributed by atoms with Crippen molar-refractivity contribution in [2.24, 2.45) is 0 Å². The van der Waals surface area contributed by atoms with Crippen molar-refractivity contribution in [3.05, 3.63) is 36.5 Å². The average Bonchev–Trinajstić information content (AvgIpc) is 2.85. The average molecular weight is 257 g/mol. The predicted octanol–water partition coefficient (Wildman–Crippen LogP) is 2.28. The van der Waals surface area contributed by atoms with E-state index in [1.807, 2.05) is 0 Å². The predicted molar refractivity (Wildman–Crippen MR) is 80.5 cm³/mol. The summed E-state index contributed by atoms with van der Waals surface area (Å²) in [5, 5.41) is 1.35. The van der Waals surface area contributed by atoms with Crippen molar-refractivity contribution < 1.29 is 0 Å². The number of benzene rings is 1. The lowest BCUT2D eigenvalue weighted by molar-refractivity contribution is 0.151. The highest BCUT2D eigenvalue weighted by atomic mass is 15.2. The van der Waals surface area contributed by atoms with Crippen LogP contribution in [-0.2, 0) is 6.54 Å². The topological polar surface area (TPSA) is 11.4 Å². The molecule has 2 aromatic rings. The molecule has 0 atom stereocenters. The smallest absolute Gasteiger partial charge is 0.0480 e. The maximum absolute atomic E-state index is 2.59. The van der Waals surface area contributed by atoms with Gasteiger partial charge in [-0.15, -0.1) is 0 Å². The van der Waals surface area contributed by atoms with Gasteiger partial charge in [-0.05, 0) is 37.5 Å². The molecular formula is C16H23N3. The lowest BCUT2D eigenvalue weighted by Crippen LogP contribution is -2.44. The highest BCUT2D eigenvalue weighted by Crippen LogP contribution is 2.15. The van der Waals surface area contributed by atoms with Crippen molar-refractivity contribution in [2.45, 2.75) is 13.0 Å². The van der Waals surface area contributed by atoms with E-state index in [2.05, 4.69) is 57.9 Å². The Morgan fingerprint density at radius 1 is 0.947 bits per heavy atom. The van der Waals surface area contributed by atoms with E-state index in [1.54, 1.807) is 0 Å². The Morgan fingerprint density at radius 3 is 2.58 bits per heavy atom. The molecule has 0 N–H and O–H groups in total. The zero-order valence-corrected chi connectivity index (χ0v) is 11.8. The fourth-order valence-electron chi connectivity index (χ4n) is 2.87. The number of likely N-dealkylation sites (N-methyl/N-ethyl adjacent to an activating group) is 1. The molecule has 3 heteroatoms. The van der Waals surface area contributed by atoms with Gasteiger partial charge >= 0.3 is 0 Å². The van der Waals surface area contributed by atoms with Crippen LogP contribution in [0.2, 0.25) is 0 Å². The monoisotopic (exact) mass is 257 g/mol. The molecule has 0 spiro atoms. The Kier molecular flexibility index (Phi) is 3.85. The third-order valence-corrected chi connectivity index (χ3v) is 4.15. The minimum absolute atomic E-state index is 1.12. The number of hydrogen-bond donors (Lipinski definition) is 0. The molecule has 0 unspecified atom stereocenters. The van der Waals surface area contributed by atoms with Gasteiger partial charge in [-0.2, -0.15) is 0 Å². The van der Waals surface area contributed by atoms with Crippen molar-refractivity contribution in [2.75, 3.05) is 39.8 Å². The molecular weight excluding hydrogens is 234 g/mol. The van der Waals surface area contributed by atoms with Crippen LogP contribution < -0.4 is 0 Å². The zero-order chi connectivity index (χ0) is 13.1. The first-order valence-electron chi connectivity index (χ1n) is 7.28. The maximum atomic E-state index is 2.59. The molecule has 1 saturated heterocycles. The third kappa shape index (κ3) is 2.99. The normalized spacial score (nSPS) is 18.2. The van der Waals surface area contributed by atoms with E-state index in [9.17, 15) is 0 Å². The molecule has 3 rings (SSSR count). The summed E-state index contributed by atoms with van der Waals surface area (Å²) in [5.74, 6) is 0. The Labute approximate surface area is 115 Å². The van der Waals surface area contributed by atoms with Gasteiger partial charge in [0.2, 0.25) is 0 Å². The van der Waals surface area contributed by atoms with E-state index in [1.165, 1.54) is 50.0 Å². The molecule has 0 saturated carbocycles. The van der Waals surface area contributed by atoms with Crippen LogP contribution in [-0.4, -0.2) is 54.1 Å². The van der Waals surface area contributed by atoms with E-state index >= 15 is 0 Å². The van der Waals surface area contributed by atoms with E-state index in [0.717, 1.165) is 6.54 Å². The van der Waals surface area contributed by atoms with Crippen LogP contribution in [0.5, 0.6) is 0 Å². The second-order valence-electron chi connectivity index (χ2n) is 5.57. The van der Waals surface area contributed by atoms with Gasteiger partial charge in [-0.3, -0.25) is 0 Å². The number of nitrogens with zero attached hydrogens (tertiary/aromatic N) is 3. The van der Waals surface area contributed by atoms with Gasteiger partial charge in [0.1, 0.15) is 0 Å². The molecule has 0 bridgehead atoms. The summed E-state index contributed by atoms with van der Waals surface area (Å²) < 4.78 is 2.38. The number of piperazine rings is 1.